The molecule has 0 bridgehead atoms. The van der Waals surface area contributed by atoms with Crippen molar-refractivity contribution in [3.8, 4) is 0 Å². The van der Waals surface area contributed by atoms with E-state index in [-0.39, 0.29) is 21.8 Å². The quantitative estimate of drug-likeness (QED) is 0.652. The number of carbonyl (C=O) groups is 2. The lowest BCUT2D eigenvalue weighted by Gasteiger charge is -2.19. The highest BCUT2D eigenvalue weighted by molar-refractivity contribution is 7.89. The number of ether oxygens (including phenoxy) is 1. The molecule has 1 aromatic heterocycles. The van der Waals surface area contributed by atoms with Crippen LogP contribution in [0.5, 0.6) is 0 Å². The molecule has 1 heterocycles. The van der Waals surface area contributed by atoms with Crippen molar-refractivity contribution in [2.45, 2.75) is 44.9 Å². The predicted molar refractivity (Wildman–Crippen MR) is 106 cm³/mol. The Kier molecular flexibility index (Phi) is 6.81. The monoisotopic (exact) mass is 423 g/mol. The van der Waals surface area contributed by atoms with Gasteiger partial charge in [0.05, 0.1) is 0 Å². The van der Waals surface area contributed by atoms with Gasteiger partial charge in [-0.25, -0.2) is 8.42 Å². The summed E-state index contributed by atoms with van der Waals surface area (Å²) in [5.41, 5.74) is 1.86. The molecule has 0 aliphatic heterocycles. The molecule has 10 heteroatoms. The van der Waals surface area contributed by atoms with E-state index in [9.17, 15) is 18.0 Å². The van der Waals surface area contributed by atoms with E-state index in [1.807, 2.05) is 12.1 Å². The van der Waals surface area contributed by atoms with Crippen molar-refractivity contribution in [2.75, 3.05) is 18.5 Å². The third kappa shape index (κ3) is 6.13. The maximum Gasteiger partial charge on any atom is 0.321 e. The number of esters is 1. The van der Waals surface area contributed by atoms with Gasteiger partial charge in [0.25, 0.3) is 5.91 Å². The number of rotatable bonds is 7. The van der Waals surface area contributed by atoms with Crippen molar-refractivity contribution >= 4 is 27.6 Å². The molecule has 2 rings (SSSR count). The van der Waals surface area contributed by atoms with Gasteiger partial charge in [-0.3, -0.25) is 9.59 Å². The van der Waals surface area contributed by atoms with Crippen LogP contribution in [-0.2, 0) is 29.8 Å². The molecule has 0 saturated heterocycles. The molecule has 0 radical (unpaired) electrons. The summed E-state index contributed by atoms with van der Waals surface area (Å²) in [6, 6.07) is 7.34. The first kappa shape index (κ1) is 22.6. The zero-order valence-corrected chi connectivity index (χ0v) is 17.8. The largest absolute Gasteiger partial charge is 0.455 e. The van der Waals surface area contributed by atoms with Gasteiger partial charge in [0.15, 0.2) is 12.4 Å². The van der Waals surface area contributed by atoms with Gasteiger partial charge in [0.1, 0.15) is 17.1 Å². The smallest absolute Gasteiger partial charge is 0.321 e. The Morgan fingerprint density at radius 2 is 1.76 bits per heavy atom. The van der Waals surface area contributed by atoms with Gasteiger partial charge in [-0.1, -0.05) is 38.1 Å². The van der Waals surface area contributed by atoms with Crippen LogP contribution in [-0.4, -0.2) is 38.6 Å². The third-order valence-electron chi connectivity index (χ3n) is 4.04. The molecule has 1 aromatic carbocycles. The molecule has 158 valence electrons. The van der Waals surface area contributed by atoms with E-state index < -0.39 is 35.1 Å². The average Bonchev–Trinajstić information content (AvgIpc) is 2.97. The average molecular weight is 423 g/mol. The number of aromatic nitrogens is 1. The Hall–Kier alpha value is -2.72. The molecule has 29 heavy (non-hydrogen) atoms. The number of anilines is 1. The van der Waals surface area contributed by atoms with Crippen molar-refractivity contribution in [2.24, 2.45) is 0 Å². The standard InChI is InChI=1S/C19H25N3O6S/c1-12-18(13(2)28-22-12)29(25,26)20-10-17(24)27-11-16(23)21-15-8-6-14(7-9-15)19(3,4)5/h6-9,20H,10-11H2,1-5H3,(H,21,23). The normalized spacial score (nSPS) is 11.9. The minimum atomic E-state index is -3.98. The number of nitrogens with one attached hydrogen (secondary N) is 2. The van der Waals surface area contributed by atoms with Crippen molar-refractivity contribution < 1.29 is 27.3 Å². The summed E-state index contributed by atoms with van der Waals surface area (Å²) in [7, 11) is -3.98. The van der Waals surface area contributed by atoms with Gasteiger partial charge >= 0.3 is 5.97 Å². The maximum atomic E-state index is 12.2. The van der Waals surface area contributed by atoms with Crippen LogP contribution in [0.1, 0.15) is 37.8 Å². The summed E-state index contributed by atoms with van der Waals surface area (Å²) in [6.07, 6.45) is 0. The highest BCUT2D eigenvalue weighted by Gasteiger charge is 2.25. The highest BCUT2D eigenvalue weighted by Crippen LogP contribution is 2.23. The first-order valence-electron chi connectivity index (χ1n) is 8.88. The molecule has 0 atom stereocenters. The number of hydrogen-bond acceptors (Lipinski definition) is 7. The Morgan fingerprint density at radius 3 is 2.28 bits per heavy atom. The lowest BCUT2D eigenvalue weighted by molar-refractivity contribution is -0.146. The van der Waals surface area contributed by atoms with Crippen molar-refractivity contribution in [3.05, 3.63) is 41.3 Å². The minimum Gasteiger partial charge on any atom is -0.455 e. The molecule has 2 aromatic rings. The minimum absolute atomic E-state index is 0.00495. The van der Waals surface area contributed by atoms with E-state index in [1.165, 1.54) is 13.8 Å². The molecule has 0 fully saturated rings. The summed E-state index contributed by atoms with van der Waals surface area (Å²) in [4.78, 5) is 23.6. The zero-order valence-electron chi connectivity index (χ0n) is 17.0. The summed E-state index contributed by atoms with van der Waals surface area (Å²) >= 11 is 0. The van der Waals surface area contributed by atoms with Gasteiger partial charge < -0.3 is 14.6 Å². The molecular weight excluding hydrogens is 398 g/mol. The number of benzene rings is 1. The molecule has 1 amide bonds. The fraction of sp³-hybridized carbons (Fsp3) is 0.421. The van der Waals surface area contributed by atoms with Gasteiger partial charge in [-0.05, 0) is 37.0 Å². The first-order valence-corrected chi connectivity index (χ1v) is 10.4. The maximum absolute atomic E-state index is 12.2. The van der Waals surface area contributed by atoms with Crippen LogP contribution < -0.4 is 10.0 Å². The van der Waals surface area contributed by atoms with Crippen molar-refractivity contribution in [1.82, 2.24) is 9.88 Å². The Labute approximate surface area is 169 Å². The van der Waals surface area contributed by atoms with Crippen LogP contribution in [0, 0.1) is 13.8 Å². The number of carbonyl (C=O) groups excluding carboxylic acids is 2. The first-order chi connectivity index (χ1) is 13.4. The molecule has 0 unspecified atom stereocenters. The van der Waals surface area contributed by atoms with Crippen LogP contribution in [0.15, 0.2) is 33.7 Å². The summed E-state index contributed by atoms with van der Waals surface area (Å²) in [6.45, 7) is 8.01. The Bertz CT molecular complexity index is 968. The van der Waals surface area contributed by atoms with E-state index in [0.29, 0.717) is 5.69 Å². The predicted octanol–water partition coefficient (Wildman–Crippen LogP) is 2.05. The second kappa shape index (κ2) is 8.75. The molecule has 9 nitrogen and oxygen atoms in total. The van der Waals surface area contributed by atoms with Crippen molar-refractivity contribution in [3.63, 3.8) is 0 Å². The third-order valence-corrected chi connectivity index (χ3v) is 5.69. The molecular formula is C19H25N3O6S. The summed E-state index contributed by atoms with van der Waals surface area (Å²) in [5, 5.41) is 6.17. The number of nitrogens with zero attached hydrogens (tertiary/aromatic N) is 1. The number of hydrogen-bond donors (Lipinski definition) is 2. The van der Waals surface area contributed by atoms with Crippen LogP contribution in [0.2, 0.25) is 0 Å². The van der Waals surface area contributed by atoms with E-state index >= 15 is 0 Å². The molecule has 2 N–H and O–H groups in total. The van der Waals surface area contributed by atoms with Gasteiger partial charge in [-0.15, -0.1) is 0 Å². The van der Waals surface area contributed by atoms with Crippen LogP contribution in [0.4, 0.5) is 5.69 Å². The topological polar surface area (TPSA) is 128 Å². The molecule has 0 aliphatic carbocycles. The summed E-state index contributed by atoms with van der Waals surface area (Å²) in [5.74, 6) is -1.31. The number of amides is 1. The van der Waals surface area contributed by atoms with E-state index in [0.717, 1.165) is 5.56 Å². The fourth-order valence-corrected chi connectivity index (χ4v) is 3.83. The van der Waals surface area contributed by atoms with Crippen LogP contribution in [0.3, 0.4) is 0 Å². The fourth-order valence-electron chi connectivity index (χ4n) is 2.53. The SMILES string of the molecule is Cc1noc(C)c1S(=O)(=O)NCC(=O)OCC(=O)Nc1ccc(C(C)(C)C)cc1. The highest BCUT2D eigenvalue weighted by atomic mass is 32.2. The Morgan fingerprint density at radius 1 is 1.14 bits per heavy atom. The molecule has 0 spiro atoms. The number of aryl methyl sites for hydroxylation is 2. The van der Waals surface area contributed by atoms with E-state index in [4.69, 9.17) is 9.26 Å². The lowest BCUT2D eigenvalue weighted by Crippen LogP contribution is -2.32. The molecule has 0 saturated carbocycles. The van der Waals surface area contributed by atoms with E-state index in [2.05, 4.69) is 36.0 Å². The van der Waals surface area contributed by atoms with Gasteiger partial charge in [-0.2, -0.15) is 4.72 Å². The van der Waals surface area contributed by atoms with Gasteiger partial charge in [0.2, 0.25) is 10.0 Å². The second-order valence-corrected chi connectivity index (χ2v) is 9.22. The van der Waals surface area contributed by atoms with Crippen LogP contribution in [0.25, 0.3) is 0 Å². The zero-order chi connectivity index (χ0) is 21.8. The summed E-state index contributed by atoms with van der Waals surface area (Å²) < 4.78 is 36.2. The lowest BCUT2D eigenvalue weighted by atomic mass is 9.87. The molecule has 0 aliphatic rings. The second-order valence-electron chi connectivity index (χ2n) is 7.51. The van der Waals surface area contributed by atoms with Crippen molar-refractivity contribution in [1.29, 1.82) is 0 Å². The van der Waals surface area contributed by atoms with Crippen LogP contribution >= 0.6 is 0 Å². The van der Waals surface area contributed by atoms with E-state index in [1.54, 1.807) is 12.1 Å². The van der Waals surface area contributed by atoms with Gasteiger partial charge in [0, 0.05) is 5.69 Å². The Balaban J connectivity index is 1.82. The number of sulfonamides is 1.